The summed E-state index contributed by atoms with van der Waals surface area (Å²) in [5, 5.41) is 7.62. The largest absolute Gasteiger partial charge is 0.495 e. The van der Waals surface area contributed by atoms with Crippen LogP contribution in [0.2, 0.25) is 0 Å². The van der Waals surface area contributed by atoms with Crippen molar-refractivity contribution in [3.63, 3.8) is 0 Å². The topological polar surface area (TPSA) is 106 Å². The lowest BCUT2D eigenvalue weighted by Gasteiger charge is -2.19. The third kappa shape index (κ3) is 5.19. The van der Waals surface area contributed by atoms with Gasteiger partial charge in [-0.15, -0.1) is 0 Å². The van der Waals surface area contributed by atoms with Gasteiger partial charge in [-0.25, -0.2) is 13.2 Å². The first-order valence-electron chi connectivity index (χ1n) is 11.7. The monoisotopic (exact) mass is 513 g/mol. The number of nitrogens with one attached hydrogen (secondary N) is 2. The molecule has 0 aliphatic carbocycles. The van der Waals surface area contributed by atoms with Gasteiger partial charge in [-0.1, -0.05) is 12.1 Å². The van der Waals surface area contributed by atoms with E-state index in [4.69, 9.17) is 14.2 Å². The quantitative estimate of drug-likeness (QED) is 0.458. The first-order chi connectivity index (χ1) is 17.3. The molecule has 2 amide bonds. The zero-order valence-electron chi connectivity index (χ0n) is 20.8. The molecule has 10 heteroatoms. The van der Waals surface area contributed by atoms with Crippen LogP contribution in [0.3, 0.4) is 0 Å². The number of rotatable bonds is 8. The molecule has 1 heterocycles. The van der Waals surface area contributed by atoms with Gasteiger partial charge in [-0.2, -0.15) is 4.31 Å². The third-order valence-corrected chi connectivity index (χ3v) is 8.26. The maximum absolute atomic E-state index is 13.0. The molecule has 1 aliphatic heterocycles. The number of ether oxygens (including phenoxy) is 3. The van der Waals surface area contributed by atoms with E-state index in [1.807, 2.05) is 37.3 Å². The van der Waals surface area contributed by atoms with Crippen molar-refractivity contribution in [3.05, 3.63) is 54.1 Å². The predicted octanol–water partition coefficient (Wildman–Crippen LogP) is 4.53. The van der Waals surface area contributed by atoms with Gasteiger partial charge in [0.15, 0.2) is 11.5 Å². The Labute approximate surface area is 211 Å². The van der Waals surface area contributed by atoms with Gasteiger partial charge < -0.3 is 24.8 Å². The first-order valence-corrected chi connectivity index (χ1v) is 13.1. The van der Waals surface area contributed by atoms with Crippen LogP contribution < -0.4 is 24.8 Å². The second kappa shape index (κ2) is 10.6. The predicted molar refractivity (Wildman–Crippen MR) is 139 cm³/mol. The summed E-state index contributed by atoms with van der Waals surface area (Å²) in [6.07, 6.45) is 1.69. The summed E-state index contributed by atoms with van der Waals surface area (Å²) >= 11 is 0. The molecule has 0 saturated carbocycles. The number of urea groups is 1. The highest BCUT2D eigenvalue weighted by atomic mass is 32.2. The Morgan fingerprint density at radius 3 is 2.14 bits per heavy atom. The van der Waals surface area contributed by atoms with Crippen molar-refractivity contribution in [1.82, 2.24) is 9.62 Å². The Morgan fingerprint density at radius 1 is 0.861 bits per heavy atom. The molecule has 192 valence electrons. The minimum Gasteiger partial charge on any atom is -0.495 e. The number of fused-ring (bicyclic) bond motifs is 1. The summed E-state index contributed by atoms with van der Waals surface area (Å²) in [6.45, 7) is 2.88. The maximum Gasteiger partial charge on any atom is 0.319 e. The van der Waals surface area contributed by atoms with Crippen LogP contribution >= 0.6 is 0 Å². The smallest absolute Gasteiger partial charge is 0.319 e. The Kier molecular flexibility index (Phi) is 7.56. The molecule has 0 bridgehead atoms. The third-order valence-electron chi connectivity index (χ3n) is 6.32. The van der Waals surface area contributed by atoms with Crippen LogP contribution in [-0.4, -0.2) is 53.2 Å². The van der Waals surface area contributed by atoms with Gasteiger partial charge in [0.05, 0.1) is 27.4 Å². The molecule has 1 saturated heterocycles. The maximum atomic E-state index is 13.0. The SMILES string of the molecule is COc1cc2ccc(C(C)NC(=O)Nc3ccc(S(=O)(=O)N4CCCC4)c(OC)c3)cc2cc1OC. The molecule has 1 fully saturated rings. The molecular weight excluding hydrogens is 482 g/mol. The van der Waals surface area contributed by atoms with Crippen LogP contribution in [0.15, 0.2) is 53.4 Å². The molecule has 36 heavy (non-hydrogen) atoms. The minimum atomic E-state index is -3.65. The fourth-order valence-corrected chi connectivity index (χ4v) is 5.99. The van der Waals surface area contributed by atoms with E-state index < -0.39 is 16.1 Å². The molecule has 0 spiro atoms. The molecule has 2 N–H and O–H groups in total. The highest BCUT2D eigenvalue weighted by Crippen LogP contribution is 2.34. The van der Waals surface area contributed by atoms with Crippen molar-refractivity contribution >= 4 is 32.5 Å². The summed E-state index contributed by atoms with van der Waals surface area (Å²) in [7, 11) is 0.949. The second-order valence-electron chi connectivity index (χ2n) is 8.61. The number of benzene rings is 3. The second-order valence-corrected chi connectivity index (χ2v) is 10.5. The van der Waals surface area contributed by atoms with Gasteiger partial charge in [0, 0.05) is 24.8 Å². The Hall–Kier alpha value is -3.50. The number of nitrogens with zero attached hydrogens (tertiary/aromatic N) is 1. The van der Waals surface area contributed by atoms with Crippen LogP contribution in [-0.2, 0) is 10.0 Å². The fraction of sp³-hybridized carbons (Fsp3) is 0.346. The van der Waals surface area contributed by atoms with E-state index >= 15 is 0 Å². The van der Waals surface area contributed by atoms with Crippen molar-refractivity contribution in [2.75, 3.05) is 39.7 Å². The molecular formula is C26H31N3O6S. The summed E-state index contributed by atoms with van der Waals surface area (Å²) in [5.41, 5.74) is 1.33. The molecule has 1 aliphatic rings. The highest BCUT2D eigenvalue weighted by Gasteiger charge is 2.30. The lowest BCUT2D eigenvalue weighted by Crippen LogP contribution is -2.31. The number of methoxy groups -OCH3 is 3. The standard InChI is InChI=1S/C26H31N3O6S/c1-17(18-7-8-19-14-22(33-2)23(34-3)15-20(19)13-18)27-26(30)28-21-9-10-25(24(16-21)35-4)36(31,32)29-11-5-6-12-29/h7-10,13-17H,5-6,11-12H2,1-4H3,(H2,27,28,30). The molecule has 0 radical (unpaired) electrons. The molecule has 4 rings (SSSR count). The average molecular weight is 514 g/mol. The van der Waals surface area contributed by atoms with Crippen LogP contribution in [0.1, 0.15) is 31.4 Å². The molecule has 0 aromatic heterocycles. The van der Waals surface area contributed by atoms with Crippen molar-refractivity contribution in [3.8, 4) is 17.2 Å². The van der Waals surface area contributed by atoms with Gasteiger partial charge in [0.1, 0.15) is 10.6 Å². The molecule has 1 unspecified atom stereocenters. The van der Waals surface area contributed by atoms with Crippen LogP contribution in [0, 0.1) is 0 Å². The van der Waals surface area contributed by atoms with E-state index in [-0.39, 0.29) is 16.7 Å². The number of amides is 2. The number of carbonyl (C=O) groups is 1. The molecule has 1 atom stereocenters. The van der Waals surface area contributed by atoms with E-state index in [2.05, 4.69) is 10.6 Å². The van der Waals surface area contributed by atoms with E-state index in [0.29, 0.717) is 30.3 Å². The highest BCUT2D eigenvalue weighted by molar-refractivity contribution is 7.89. The summed E-state index contributed by atoms with van der Waals surface area (Å²) < 4.78 is 43.5. The summed E-state index contributed by atoms with van der Waals surface area (Å²) in [6, 6.07) is 13.5. The van der Waals surface area contributed by atoms with Crippen LogP contribution in [0.25, 0.3) is 10.8 Å². The first kappa shape index (κ1) is 25.6. The van der Waals surface area contributed by atoms with Gasteiger partial charge in [0.25, 0.3) is 0 Å². The zero-order chi connectivity index (χ0) is 25.9. The van der Waals surface area contributed by atoms with E-state index in [9.17, 15) is 13.2 Å². The number of anilines is 1. The van der Waals surface area contributed by atoms with Crippen molar-refractivity contribution < 1.29 is 27.4 Å². The van der Waals surface area contributed by atoms with E-state index in [1.54, 1.807) is 20.3 Å². The van der Waals surface area contributed by atoms with Crippen molar-refractivity contribution in [2.45, 2.75) is 30.7 Å². The van der Waals surface area contributed by atoms with E-state index in [1.165, 1.54) is 23.5 Å². The van der Waals surface area contributed by atoms with Crippen LogP contribution in [0.4, 0.5) is 10.5 Å². The van der Waals surface area contributed by atoms with Gasteiger partial charge >= 0.3 is 6.03 Å². The van der Waals surface area contributed by atoms with Gasteiger partial charge in [0.2, 0.25) is 10.0 Å². The average Bonchev–Trinajstić information content (AvgIpc) is 3.43. The molecule has 3 aromatic carbocycles. The molecule has 3 aromatic rings. The van der Waals surface area contributed by atoms with Gasteiger partial charge in [-0.05, 0) is 66.4 Å². The Bertz CT molecular complexity index is 1370. The fourth-order valence-electron chi connectivity index (χ4n) is 4.34. The number of sulfonamides is 1. The number of hydrogen-bond acceptors (Lipinski definition) is 6. The summed E-state index contributed by atoms with van der Waals surface area (Å²) in [5.74, 6) is 1.47. The van der Waals surface area contributed by atoms with E-state index in [0.717, 1.165) is 29.2 Å². The lowest BCUT2D eigenvalue weighted by atomic mass is 10.0. The Balaban J connectivity index is 1.47. The number of hydrogen-bond donors (Lipinski definition) is 2. The van der Waals surface area contributed by atoms with Gasteiger partial charge in [-0.3, -0.25) is 0 Å². The summed E-state index contributed by atoms with van der Waals surface area (Å²) in [4.78, 5) is 12.8. The number of carbonyl (C=O) groups excluding carboxylic acids is 1. The molecule has 9 nitrogen and oxygen atoms in total. The lowest BCUT2D eigenvalue weighted by molar-refractivity contribution is 0.249. The van der Waals surface area contributed by atoms with Crippen molar-refractivity contribution in [1.29, 1.82) is 0 Å². The zero-order valence-corrected chi connectivity index (χ0v) is 21.6. The normalized spacial score (nSPS) is 14.9. The van der Waals surface area contributed by atoms with Crippen LogP contribution in [0.5, 0.6) is 17.2 Å². The minimum absolute atomic E-state index is 0.0921. The Morgan fingerprint density at radius 2 is 1.50 bits per heavy atom. The van der Waals surface area contributed by atoms with Crippen molar-refractivity contribution in [2.24, 2.45) is 0 Å².